The second-order valence-corrected chi connectivity index (χ2v) is 8.13. The lowest BCUT2D eigenvalue weighted by atomic mass is 10.3. The fraction of sp³-hybridized carbons (Fsp3) is 0.190. The lowest BCUT2D eigenvalue weighted by Gasteiger charge is -2.10. The van der Waals surface area contributed by atoms with Crippen LogP contribution in [0, 0.1) is 5.92 Å². The number of carbonyl (C=O) groups is 2. The first-order chi connectivity index (χ1) is 14.1. The molecule has 2 aromatic heterocycles. The van der Waals surface area contributed by atoms with Gasteiger partial charge in [0.25, 0.3) is 5.91 Å². The molecule has 3 aromatic rings. The topological polar surface area (TPSA) is 80.3 Å². The van der Waals surface area contributed by atoms with E-state index in [9.17, 15) is 9.59 Å². The van der Waals surface area contributed by atoms with Gasteiger partial charge in [-0.25, -0.2) is 0 Å². The van der Waals surface area contributed by atoms with Crippen LogP contribution in [0.1, 0.15) is 28.2 Å². The number of halogens is 1. The zero-order valence-electron chi connectivity index (χ0n) is 15.4. The number of amides is 2. The normalized spacial score (nSPS) is 13.0. The van der Waals surface area contributed by atoms with Gasteiger partial charge >= 0.3 is 0 Å². The zero-order valence-corrected chi connectivity index (χ0v) is 16.9. The summed E-state index contributed by atoms with van der Waals surface area (Å²) in [5.74, 6) is 0.387. The minimum atomic E-state index is -0.264. The van der Waals surface area contributed by atoms with Crippen molar-refractivity contribution in [1.29, 1.82) is 0 Å². The lowest BCUT2D eigenvalue weighted by molar-refractivity contribution is -0.117. The number of benzene rings is 1. The minimum Gasteiger partial charge on any atom is -0.486 e. The van der Waals surface area contributed by atoms with Crippen LogP contribution in [0.2, 0.25) is 5.02 Å². The Hall–Kier alpha value is -2.90. The van der Waals surface area contributed by atoms with Crippen molar-refractivity contribution in [3.05, 3.63) is 70.3 Å². The van der Waals surface area contributed by atoms with Crippen molar-refractivity contribution in [2.24, 2.45) is 5.92 Å². The van der Waals surface area contributed by atoms with Gasteiger partial charge < -0.3 is 15.4 Å². The molecule has 0 unspecified atom stereocenters. The fourth-order valence-corrected chi connectivity index (χ4v) is 3.66. The van der Waals surface area contributed by atoms with E-state index in [0.29, 0.717) is 32.9 Å². The van der Waals surface area contributed by atoms with Gasteiger partial charge in [0.1, 0.15) is 12.4 Å². The molecule has 0 radical (unpaired) electrons. The highest BCUT2D eigenvalue weighted by molar-refractivity contribution is 7.18. The van der Waals surface area contributed by atoms with E-state index < -0.39 is 0 Å². The highest BCUT2D eigenvalue weighted by atomic mass is 35.5. The maximum absolute atomic E-state index is 12.5. The van der Waals surface area contributed by atoms with E-state index in [4.69, 9.17) is 16.3 Å². The molecule has 0 atom stereocenters. The predicted molar refractivity (Wildman–Crippen MR) is 114 cm³/mol. The number of pyridine rings is 1. The summed E-state index contributed by atoms with van der Waals surface area (Å²) in [5.41, 5.74) is 1.35. The Morgan fingerprint density at radius 3 is 2.72 bits per heavy atom. The van der Waals surface area contributed by atoms with Crippen LogP contribution in [0.15, 0.2) is 54.7 Å². The van der Waals surface area contributed by atoms with Crippen LogP contribution in [0.3, 0.4) is 0 Å². The van der Waals surface area contributed by atoms with Crippen molar-refractivity contribution in [3.63, 3.8) is 0 Å². The summed E-state index contributed by atoms with van der Waals surface area (Å²) in [6, 6.07) is 14.1. The first-order valence-electron chi connectivity index (χ1n) is 9.13. The number of rotatable bonds is 7. The van der Waals surface area contributed by atoms with Crippen molar-refractivity contribution in [2.45, 2.75) is 19.4 Å². The molecule has 8 heteroatoms. The first kappa shape index (κ1) is 19.4. The summed E-state index contributed by atoms with van der Waals surface area (Å²) in [4.78, 5) is 29.0. The molecule has 1 saturated carbocycles. The Bertz CT molecular complexity index is 1030. The summed E-state index contributed by atoms with van der Waals surface area (Å²) in [5, 5.41) is 6.71. The van der Waals surface area contributed by atoms with Crippen molar-refractivity contribution in [2.75, 3.05) is 10.6 Å². The average Bonchev–Trinajstić information content (AvgIpc) is 3.47. The molecule has 1 aromatic carbocycles. The van der Waals surface area contributed by atoms with Gasteiger partial charge in [0.15, 0.2) is 0 Å². The monoisotopic (exact) mass is 427 g/mol. The molecular formula is C21H18ClN3O3S. The van der Waals surface area contributed by atoms with E-state index >= 15 is 0 Å². The standard InChI is InChI=1S/C21H18ClN3O3S/c22-16-11-14(6-7-17(16)28-12-15-3-1-2-10-23-15)24-21(27)18-8-9-19(29-18)25-20(26)13-4-5-13/h1-3,6-11,13H,4-5,12H2,(H,24,27)(H,25,26). The van der Waals surface area contributed by atoms with Gasteiger partial charge in [-0.05, 0) is 55.3 Å². The molecule has 148 valence electrons. The first-order valence-corrected chi connectivity index (χ1v) is 10.3. The number of ether oxygens (including phenoxy) is 1. The molecule has 1 aliphatic carbocycles. The van der Waals surface area contributed by atoms with E-state index in [2.05, 4.69) is 15.6 Å². The van der Waals surface area contributed by atoms with E-state index in [0.717, 1.165) is 18.5 Å². The number of thiophene rings is 1. The van der Waals surface area contributed by atoms with Gasteiger partial charge in [0.2, 0.25) is 5.91 Å². The minimum absolute atomic E-state index is 0.0203. The Morgan fingerprint density at radius 2 is 2.00 bits per heavy atom. The fourth-order valence-electron chi connectivity index (χ4n) is 2.62. The molecule has 1 fully saturated rings. The summed E-state index contributed by atoms with van der Waals surface area (Å²) in [6.45, 7) is 0.302. The van der Waals surface area contributed by atoms with Gasteiger partial charge in [-0.3, -0.25) is 14.6 Å². The van der Waals surface area contributed by atoms with Crippen molar-refractivity contribution in [1.82, 2.24) is 4.98 Å². The van der Waals surface area contributed by atoms with Crippen molar-refractivity contribution < 1.29 is 14.3 Å². The van der Waals surface area contributed by atoms with E-state index in [1.807, 2.05) is 18.2 Å². The third-order valence-corrected chi connectivity index (χ3v) is 5.61. The maximum Gasteiger partial charge on any atom is 0.265 e. The van der Waals surface area contributed by atoms with E-state index in [-0.39, 0.29) is 17.7 Å². The van der Waals surface area contributed by atoms with Crippen LogP contribution in [0.4, 0.5) is 10.7 Å². The molecule has 0 bridgehead atoms. The third-order valence-electron chi connectivity index (χ3n) is 4.32. The molecule has 0 spiro atoms. The zero-order chi connectivity index (χ0) is 20.2. The van der Waals surface area contributed by atoms with Gasteiger partial charge in [-0.2, -0.15) is 0 Å². The molecule has 29 heavy (non-hydrogen) atoms. The number of aromatic nitrogens is 1. The van der Waals surface area contributed by atoms with Crippen LogP contribution in [-0.4, -0.2) is 16.8 Å². The Morgan fingerprint density at radius 1 is 1.14 bits per heavy atom. The van der Waals surface area contributed by atoms with Crippen LogP contribution in [-0.2, 0) is 11.4 Å². The van der Waals surface area contributed by atoms with Crippen LogP contribution in [0.25, 0.3) is 0 Å². The SMILES string of the molecule is O=C(Nc1ccc(OCc2ccccn2)c(Cl)c1)c1ccc(NC(=O)C2CC2)s1. The molecule has 2 heterocycles. The number of hydrogen-bond donors (Lipinski definition) is 2. The van der Waals surface area contributed by atoms with Gasteiger partial charge in [0.05, 0.1) is 20.6 Å². The molecule has 2 amide bonds. The van der Waals surface area contributed by atoms with Crippen LogP contribution >= 0.6 is 22.9 Å². The quantitative estimate of drug-likeness (QED) is 0.557. The highest BCUT2D eigenvalue weighted by Gasteiger charge is 2.29. The Balaban J connectivity index is 1.35. The summed E-state index contributed by atoms with van der Waals surface area (Å²) < 4.78 is 5.69. The van der Waals surface area contributed by atoms with Crippen molar-refractivity contribution >= 4 is 45.4 Å². The molecular weight excluding hydrogens is 410 g/mol. The third kappa shape index (κ3) is 5.13. The van der Waals surface area contributed by atoms with Gasteiger partial charge in [-0.1, -0.05) is 17.7 Å². The van der Waals surface area contributed by atoms with Gasteiger partial charge in [-0.15, -0.1) is 11.3 Å². The molecule has 4 rings (SSSR count). The molecule has 6 nitrogen and oxygen atoms in total. The van der Waals surface area contributed by atoms with Crippen LogP contribution < -0.4 is 15.4 Å². The number of nitrogens with one attached hydrogen (secondary N) is 2. The number of anilines is 2. The van der Waals surface area contributed by atoms with Crippen molar-refractivity contribution in [3.8, 4) is 5.75 Å². The second kappa shape index (κ2) is 8.63. The number of nitrogens with zero attached hydrogens (tertiary/aromatic N) is 1. The summed E-state index contributed by atoms with van der Waals surface area (Å²) >= 11 is 7.52. The maximum atomic E-state index is 12.5. The molecule has 0 saturated heterocycles. The number of hydrogen-bond acceptors (Lipinski definition) is 5. The van der Waals surface area contributed by atoms with Crippen LogP contribution in [0.5, 0.6) is 5.75 Å². The predicted octanol–water partition coefficient (Wildman–Crippen LogP) is 4.98. The molecule has 2 N–H and O–H groups in total. The average molecular weight is 428 g/mol. The Kier molecular flexibility index (Phi) is 5.78. The summed E-state index contributed by atoms with van der Waals surface area (Å²) in [6.07, 6.45) is 3.58. The van der Waals surface area contributed by atoms with E-state index in [1.165, 1.54) is 11.3 Å². The molecule has 0 aliphatic heterocycles. The second-order valence-electron chi connectivity index (χ2n) is 6.64. The lowest BCUT2D eigenvalue weighted by Crippen LogP contribution is -2.12. The largest absolute Gasteiger partial charge is 0.486 e. The van der Waals surface area contributed by atoms with Gasteiger partial charge in [0, 0.05) is 17.8 Å². The highest BCUT2D eigenvalue weighted by Crippen LogP contribution is 2.32. The number of carbonyl (C=O) groups excluding carboxylic acids is 2. The molecule has 1 aliphatic rings. The summed E-state index contributed by atoms with van der Waals surface area (Å²) in [7, 11) is 0. The van der Waals surface area contributed by atoms with E-state index in [1.54, 1.807) is 36.5 Å². The smallest absolute Gasteiger partial charge is 0.265 e. The Labute approximate surface area is 176 Å².